The third-order valence-corrected chi connectivity index (χ3v) is 2.80. The van der Waals surface area contributed by atoms with Crippen LogP contribution >= 0.6 is 0 Å². The fourth-order valence-electron chi connectivity index (χ4n) is 1.93. The van der Waals surface area contributed by atoms with Crippen molar-refractivity contribution >= 4 is 5.97 Å². The second kappa shape index (κ2) is 5.26. The van der Waals surface area contributed by atoms with Crippen LogP contribution in [0.15, 0.2) is 10.6 Å². The Kier molecular flexibility index (Phi) is 3.69. The Morgan fingerprint density at radius 2 is 2.26 bits per heavy atom. The van der Waals surface area contributed by atoms with Gasteiger partial charge >= 0.3 is 5.97 Å². The highest BCUT2D eigenvalue weighted by Gasteiger charge is 2.22. The summed E-state index contributed by atoms with van der Waals surface area (Å²) in [5.41, 5.74) is 2.23. The van der Waals surface area contributed by atoms with Crippen LogP contribution in [0.2, 0.25) is 0 Å². The van der Waals surface area contributed by atoms with E-state index in [1.54, 1.807) is 4.68 Å². The molecule has 0 saturated carbocycles. The van der Waals surface area contributed by atoms with Gasteiger partial charge in [-0.15, -0.1) is 0 Å². The van der Waals surface area contributed by atoms with Crippen LogP contribution in [0.1, 0.15) is 35.3 Å². The molecule has 0 aliphatic rings. The van der Waals surface area contributed by atoms with E-state index in [-0.39, 0.29) is 5.76 Å². The van der Waals surface area contributed by atoms with Gasteiger partial charge in [-0.05, 0) is 13.3 Å². The summed E-state index contributed by atoms with van der Waals surface area (Å²) in [6.45, 7) is 3.89. The molecule has 6 nitrogen and oxygen atoms in total. The minimum atomic E-state index is -0.497. The lowest BCUT2D eigenvalue weighted by Gasteiger charge is -1.96. The lowest BCUT2D eigenvalue weighted by Crippen LogP contribution is -2.03. The molecule has 0 saturated heterocycles. The maximum Gasteiger partial charge on any atom is 0.376 e. The Morgan fingerprint density at radius 3 is 2.79 bits per heavy atom. The number of ether oxygens (including phenoxy) is 1. The minimum absolute atomic E-state index is 0.183. The van der Waals surface area contributed by atoms with Crippen LogP contribution in [0.4, 0.5) is 0 Å². The molecule has 0 atom stereocenters. The van der Waals surface area contributed by atoms with E-state index >= 15 is 0 Å². The number of carbonyl (C=O) groups excluding carboxylic acids is 1. The number of rotatable bonds is 4. The van der Waals surface area contributed by atoms with Crippen molar-refractivity contribution in [3.63, 3.8) is 0 Å². The number of aryl methyl sites for hydroxylation is 3. The molecule has 0 fully saturated rings. The zero-order valence-electron chi connectivity index (χ0n) is 11.6. The van der Waals surface area contributed by atoms with E-state index in [9.17, 15) is 4.79 Å². The summed E-state index contributed by atoms with van der Waals surface area (Å²) in [7, 11) is 3.16. The Hall–Kier alpha value is -2.11. The van der Waals surface area contributed by atoms with Gasteiger partial charge in [-0.25, -0.2) is 9.78 Å². The van der Waals surface area contributed by atoms with E-state index in [1.807, 2.05) is 27.1 Å². The van der Waals surface area contributed by atoms with Crippen molar-refractivity contribution in [3.8, 4) is 11.5 Å². The van der Waals surface area contributed by atoms with E-state index < -0.39 is 5.97 Å². The Balaban J connectivity index is 2.48. The van der Waals surface area contributed by atoms with Crippen molar-refractivity contribution in [2.24, 2.45) is 7.05 Å². The number of esters is 1. The average molecular weight is 263 g/mol. The second-order valence-electron chi connectivity index (χ2n) is 4.34. The van der Waals surface area contributed by atoms with Crippen molar-refractivity contribution < 1.29 is 13.9 Å². The molecule has 19 heavy (non-hydrogen) atoms. The quantitative estimate of drug-likeness (QED) is 0.790. The van der Waals surface area contributed by atoms with Gasteiger partial charge in [0.25, 0.3) is 0 Å². The Bertz CT molecular complexity index is 598. The third-order valence-electron chi connectivity index (χ3n) is 2.80. The fraction of sp³-hybridized carbons (Fsp3) is 0.462. The molecular weight excluding hydrogens is 246 g/mol. The van der Waals surface area contributed by atoms with Gasteiger partial charge in [0, 0.05) is 13.2 Å². The molecule has 6 heteroatoms. The van der Waals surface area contributed by atoms with E-state index in [4.69, 9.17) is 9.15 Å². The summed E-state index contributed by atoms with van der Waals surface area (Å²) in [6, 6.07) is 0. The molecule has 2 rings (SSSR count). The highest BCUT2D eigenvalue weighted by Crippen LogP contribution is 2.25. The number of methoxy groups -OCH3 is 1. The minimum Gasteiger partial charge on any atom is -0.463 e. The number of hydrogen-bond donors (Lipinski definition) is 0. The summed E-state index contributed by atoms with van der Waals surface area (Å²) in [4.78, 5) is 16.1. The van der Waals surface area contributed by atoms with Gasteiger partial charge in [0.1, 0.15) is 0 Å². The molecule has 0 N–H and O–H groups in total. The topological polar surface area (TPSA) is 70.2 Å². The van der Waals surface area contributed by atoms with Crippen LogP contribution in [0.3, 0.4) is 0 Å². The fourth-order valence-corrected chi connectivity index (χ4v) is 1.93. The predicted molar refractivity (Wildman–Crippen MR) is 68.8 cm³/mol. The van der Waals surface area contributed by atoms with Crippen molar-refractivity contribution in [3.05, 3.63) is 23.3 Å². The first kappa shape index (κ1) is 13.3. The molecule has 0 spiro atoms. The maximum absolute atomic E-state index is 11.7. The first-order valence-electron chi connectivity index (χ1n) is 6.15. The zero-order valence-corrected chi connectivity index (χ0v) is 11.6. The van der Waals surface area contributed by atoms with Gasteiger partial charge in [-0.3, -0.25) is 4.68 Å². The molecule has 102 valence electrons. The van der Waals surface area contributed by atoms with E-state index in [1.165, 1.54) is 7.11 Å². The number of hydrogen-bond acceptors (Lipinski definition) is 5. The van der Waals surface area contributed by atoms with Crippen molar-refractivity contribution in [2.45, 2.75) is 26.7 Å². The molecule has 2 heterocycles. The first-order valence-corrected chi connectivity index (χ1v) is 6.15. The average Bonchev–Trinajstić information content (AvgIpc) is 2.92. The summed E-state index contributed by atoms with van der Waals surface area (Å²) in [5, 5.41) is 4.24. The van der Waals surface area contributed by atoms with Crippen LogP contribution in [0, 0.1) is 6.92 Å². The summed E-state index contributed by atoms with van der Waals surface area (Å²) >= 11 is 0. The Labute approximate surface area is 111 Å². The second-order valence-corrected chi connectivity index (χ2v) is 4.34. The molecule has 0 unspecified atom stereocenters. The van der Waals surface area contributed by atoms with Crippen LogP contribution in [-0.4, -0.2) is 27.8 Å². The number of nitrogens with zero attached hydrogens (tertiary/aromatic N) is 3. The molecule has 2 aromatic rings. The van der Waals surface area contributed by atoms with Gasteiger partial charge in [-0.1, -0.05) is 13.3 Å². The van der Waals surface area contributed by atoms with Gasteiger partial charge in [-0.2, -0.15) is 5.10 Å². The van der Waals surface area contributed by atoms with E-state index in [2.05, 4.69) is 10.1 Å². The lowest BCUT2D eigenvalue weighted by atomic mass is 10.2. The van der Waals surface area contributed by atoms with Crippen LogP contribution in [0.25, 0.3) is 11.5 Å². The van der Waals surface area contributed by atoms with Gasteiger partial charge < -0.3 is 9.15 Å². The standard InChI is InChI=1S/C13H17N3O3/c1-5-6-10-11(13(17)18-4)19-12(14-10)9-7-16(3)15-8(9)2/h7H,5-6H2,1-4H3. The summed E-state index contributed by atoms with van der Waals surface area (Å²) in [5.74, 6) is 0.0980. The molecular formula is C13H17N3O3. The Morgan fingerprint density at radius 1 is 1.53 bits per heavy atom. The zero-order chi connectivity index (χ0) is 14.0. The maximum atomic E-state index is 11.7. The number of carbonyl (C=O) groups is 1. The van der Waals surface area contributed by atoms with Crippen molar-refractivity contribution in [1.82, 2.24) is 14.8 Å². The molecule has 2 aromatic heterocycles. The SMILES string of the molecule is CCCc1nc(-c2cn(C)nc2C)oc1C(=O)OC. The number of aromatic nitrogens is 3. The number of oxazole rings is 1. The van der Waals surface area contributed by atoms with E-state index in [0.717, 1.165) is 17.7 Å². The molecule has 0 radical (unpaired) electrons. The van der Waals surface area contributed by atoms with Gasteiger partial charge in [0.2, 0.25) is 11.7 Å². The summed E-state index contributed by atoms with van der Waals surface area (Å²) < 4.78 is 12.0. The smallest absolute Gasteiger partial charge is 0.376 e. The highest BCUT2D eigenvalue weighted by molar-refractivity contribution is 5.88. The van der Waals surface area contributed by atoms with Crippen LogP contribution in [-0.2, 0) is 18.2 Å². The molecule has 0 amide bonds. The van der Waals surface area contributed by atoms with E-state index in [0.29, 0.717) is 18.0 Å². The van der Waals surface area contributed by atoms with Crippen molar-refractivity contribution in [1.29, 1.82) is 0 Å². The highest BCUT2D eigenvalue weighted by atomic mass is 16.5. The van der Waals surface area contributed by atoms with Crippen molar-refractivity contribution in [2.75, 3.05) is 7.11 Å². The van der Waals surface area contributed by atoms with Crippen LogP contribution in [0.5, 0.6) is 0 Å². The van der Waals surface area contributed by atoms with Crippen LogP contribution < -0.4 is 0 Å². The molecule has 0 bridgehead atoms. The first-order chi connectivity index (χ1) is 9.06. The monoisotopic (exact) mass is 263 g/mol. The van der Waals surface area contributed by atoms with Gasteiger partial charge in [0.15, 0.2) is 0 Å². The molecule has 0 aliphatic heterocycles. The normalized spacial score (nSPS) is 10.7. The largest absolute Gasteiger partial charge is 0.463 e. The van der Waals surface area contributed by atoms with Gasteiger partial charge in [0.05, 0.1) is 24.1 Å². The molecule has 0 aromatic carbocycles. The molecule has 0 aliphatic carbocycles. The third kappa shape index (κ3) is 2.52. The lowest BCUT2D eigenvalue weighted by molar-refractivity contribution is 0.0564. The predicted octanol–water partition coefficient (Wildman–Crippen LogP) is 2.12. The summed E-state index contributed by atoms with van der Waals surface area (Å²) in [6.07, 6.45) is 3.37.